The minimum absolute atomic E-state index is 0.00750. The van der Waals surface area contributed by atoms with Gasteiger partial charge in [-0.15, -0.1) is 0 Å². The lowest BCUT2D eigenvalue weighted by molar-refractivity contribution is 0.475. The first kappa shape index (κ1) is 8.10. The normalized spacial score (nSPS) is 11.0. The molecular formula is C10H10FNO. The maximum Gasteiger partial charge on any atom is 0.129 e. The highest BCUT2D eigenvalue weighted by Gasteiger charge is 2.08. The maximum atomic E-state index is 12.9. The van der Waals surface area contributed by atoms with E-state index in [2.05, 4.69) is 0 Å². The number of benzene rings is 1. The summed E-state index contributed by atoms with van der Waals surface area (Å²) in [4.78, 5) is 0. The van der Waals surface area contributed by atoms with E-state index in [1.165, 1.54) is 6.07 Å². The topological polar surface area (TPSA) is 25.2 Å². The van der Waals surface area contributed by atoms with Gasteiger partial charge in [-0.3, -0.25) is 0 Å². The third-order valence-electron chi connectivity index (χ3n) is 2.22. The number of aryl methyl sites for hydroxylation is 2. The van der Waals surface area contributed by atoms with E-state index in [-0.39, 0.29) is 5.75 Å². The largest absolute Gasteiger partial charge is 0.507 e. The molecule has 1 aromatic heterocycles. The molecule has 1 heterocycles. The molecule has 1 N–H and O–H groups in total. The molecule has 0 aliphatic carbocycles. The van der Waals surface area contributed by atoms with Gasteiger partial charge in [-0.05, 0) is 18.6 Å². The molecule has 68 valence electrons. The zero-order valence-corrected chi connectivity index (χ0v) is 7.50. The van der Waals surface area contributed by atoms with E-state index >= 15 is 0 Å². The Morgan fingerprint density at radius 2 is 2.08 bits per heavy atom. The second-order valence-corrected chi connectivity index (χ2v) is 3.24. The molecule has 3 heteroatoms. The smallest absolute Gasteiger partial charge is 0.129 e. The van der Waals surface area contributed by atoms with Crippen LogP contribution in [0, 0.1) is 12.7 Å². The number of aromatic hydroxyl groups is 1. The number of nitrogens with zero attached hydrogens (tertiary/aromatic N) is 1. The van der Waals surface area contributed by atoms with Crippen molar-refractivity contribution >= 4 is 10.9 Å². The molecule has 0 unspecified atom stereocenters. The van der Waals surface area contributed by atoms with Gasteiger partial charge in [0.05, 0.1) is 5.52 Å². The molecule has 0 aliphatic heterocycles. The van der Waals surface area contributed by atoms with Crippen molar-refractivity contribution in [3.05, 3.63) is 29.7 Å². The van der Waals surface area contributed by atoms with Gasteiger partial charge in [0, 0.05) is 24.7 Å². The molecule has 0 amide bonds. The standard InChI is InChI=1S/C10H10FNO/c1-6-5-12(2)8-3-7(11)4-9(13)10(6)8/h3-5,13H,1-2H3. The fraction of sp³-hybridized carbons (Fsp3) is 0.200. The van der Waals surface area contributed by atoms with E-state index in [9.17, 15) is 9.50 Å². The van der Waals surface area contributed by atoms with Crippen molar-refractivity contribution in [2.45, 2.75) is 6.92 Å². The molecule has 2 rings (SSSR count). The summed E-state index contributed by atoms with van der Waals surface area (Å²) in [5.41, 5.74) is 1.67. The molecular weight excluding hydrogens is 169 g/mol. The van der Waals surface area contributed by atoms with Crippen LogP contribution in [0.3, 0.4) is 0 Å². The number of phenols is 1. The van der Waals surface area contributed by atoms with E-state index in [0.29, 0.717) is 0 Å². The quantitative estimate of drug-likeness (QED) is 0.659. The van der Waals surface area contributed by atoms with Crippen molar-refractivity contribution in [3.8, 4) is 5.75 Å². The van der Waals surface area contributed by atoms with Crippen molar-refractivity contribution < 1.29 is 9.50 Å². The lowest BCUT2D eigenvalue weighted by Gasteiger charge is -1.98. The molecule has 0 saturated heterocycles. The van der Waals surface area contributed by atoms with Gasteiger partial charge in [0.2, 0.25) is 0 Å². The van der Waals surface area contributed by atoms with Crippen molar-refractivity contribution in [1.82, 2.24) is 4.57 Å². The molecule has 0 radical (unpaired) electrons. The average molecular weight is 179 g/mol. The Balaban J connectivity index is 2.97. The average Bonchev–Trinajstić information content (AvgIpc) is 2.27. The predicted octanol–water partition coefficient (Wildman–Crippen LogP) is 2.33. The van der Waals surface area contributed by atoms with Gasteiger partial charge in [-0.2, -0.15) is 0 Å². The van der Waals surface area contributed by atoms with E-state index in [1.807, 2.05) is 20.2 Å². The first-order valence-electron chi connectivity index (χ1n) is 4.03. The van der Waals surface area contributed by atoms with E-state index < -0.39 is 5.82 Å². The van der Waals surface area contributed by atoms with Gasteiger partial charge in [0.25, 0.3) is 0 Å². The summed E-state index contributed by atoms with van der Waals surface area (Å²) in [5, 5.41) is 10.2. The number of fused-ring (bicyclic) bond motifs is 1. The summed E-state index contributed by atoms with van der Waals surface area (Å²) in [6.45, 7) is 1.89. The molecule has 0 spiro atoms. The van der Waals surface area contributed by atoms with E-state index in [1.54, 1.807) is 4.57 Å². The van der Waals surface area contributed by atoms with E-state index in [0.717, 1.165) is 22.5 Å². The highest BCUT2D eigenvalue weighted by molar-refractivity contribution is 5.89. The third-order valence-corrected chi connectivity index (χ3v) is 2.22. The summed E-state index contributed by atoms with van der Waals surface area (Å²) in [7, 11) is 1.83. The van der Waals surface area contributed by atoms with Gasteiger partial charge < -0.3 is 9.67 Å². The van der Waals surface area contributed by atoms with Crippen LogP contribution in [0.2, 0.25) is 0 Å². The van der Waals surface area contributed by atoms with Gasteiger partial charge >= 0.3 is 0 Å². The fourth-order valence-electron chi connectivity index (χ4n) is 1.69. The van der Waals surface area contributed by atoms with Crippen molar-refractivity contribution in [2.75, 3.05) is 0 Å². The number of halogens is 1. The SMILES string of the molecule is Cc1cn(C)c2cc(F)cc(O)c12. The Labute approximate surface area is 75.2 Å². The molecule has 0 atom stereocenters. The minimum atomic E-state index is -0.411. The summed E-state index contributed by atoms with van der Waals surface area (Å²) in [6.07, 6.45) is 1.86. The van der Waals surface area contributed by atoms with Crippen LogP contribution in [0.5, 0.6) is 5.75 Å². The van der Waals surface area contributed by atoms with Crippen LogP contribution < -0.4 is 0 Å². The summed E-state index contributed by atoms with van der Waals surface area (Å²) >= 11 is 0. The molecule has 2 nitrogen and oxygen atoms in total. The number of hydrogen-bond acceptors (Lipinski definition) is 1. The van der Waals surface area contributed by atoms with Crippen molar-refractivity contribution in [1.29, 1.82) is 0 Å². The van der Waals surface area contributed by atoms with Crippen LogP contribution in [-0.4, -0.2) is 9.67 Å². The number of phenolic OH excluding ortho intramolecular Hbond substituents is 1. The van der Waals surface area contributed by atoms with Gasteiger partial charge in [-0.1, -0.05) is 0 Å². The number of hydrogen-bond donors (Lipinski definition) is 1. The highest BCUT2D eigenvalue weighted by atomic mass is 19.1. The molecule has 0 bridgehead atoms. The predicted molar refractivity (Wildman–Crippen MR) is 49.3 cm³/mol. The Morgan fingerprint density at radius 3 is 2.77 bits per heavy atom. The Morgan fingerprint density at radius 1 is 1.38 bits per heavy atom. The number of aromatic nitrogens is 1. The minimum Gasteiger partial charge on any atom is -0.507 e. The summed E-state index contributed by atoms with van der Waals surface area (Å²) < 4.78 is 14.7. The first-order valence-corrected chi connectivity index (χ1v) is 4.03. The zero-order chi connectivity index (χ0) is 9.59. The van der Waals surface area contributed by atoms with Crippen molar-refractivity contribution in [3.63, 3.8) is 0 Å². The van der Waals surface area contributed by atoms with Crippen molar-refractivity contribution in [2.24, 2.45) is 7.05 Å². The molecule has 2 aromatic rings. The molecule has 13 heavy (non-hydrogen) atoms. The summed E-state index contributed by atoms with van der Waals surface area (Å²) in [5.74, 6) is -0.403. The zero-order valence-electron chi connectivity index (χ0n) is 7.50. The lowest BCUT2D eigenvalue weighted by Crippen LogP contribution is -1.84. The van der Waals surface area contributed by atoms with Crippen LogP contribution in [0.25, 0.3) is 10.9 Å². The van der Waals surface area contributed by atoms with E-state index in [4.69, 9.17) is 0 Å². The Kier molecular flexibility index (Phi) is 1.55. The molecule has 0 aliphatic rings. The third kappa shape index (κ3) is 1.08. The highest BCUT2D eigenvalue weighted by Crippen LogP contribution is 2.29. The van der Waals surface area contributed by atoms with Crippen LogP contribution in [0.1, 0.15) is 5.56 Å². The van der Waals surface area contributed by atoms with Crippen LogP contribution in [-0.2, 0) is 7.05 Å². The fourth-order valence-corrected chi connectivity index (χ4v) is 1.69. The van der Waals surface area contributed by atoms with Crippen LogP contribution >= 0.6 is 0 Å². The maximum absolute atomic E-state index is 12.9. The second-order valence-electron chi connectivity index (χ2n) is 3.24. The Bertz CT molecular complexity index is 473. The van der Waals surface area contributed by atoms with Crippen LogP contribution in [0.15, 0.2) is 18.3 Å². The lowest BCUT2D eigenvalue weighted by atomic mass is 10.2. The second kappa shape index (κ2) is 2.49. The van der Waals surface area contributed by atoms with Crippen LogP contribution in [0.4, 0.5) is 4.39 Å². The molecule has 1 aromatic carbocycles. The van der Waals surface area contributed by atoms with Gasteiger partial charge in [0.15, 0.2) is 0 Å². The monoisotopic (exact) mass is 179 g/mol. The van der Waals surface area contributed by atoms with Gasteiger partial charge in [-0.25, -0.2) is 4.39 Å². The number of rotatable bonds is 0. The van der Waals surface area contributed by atoms with Gasteiger partial charge in [0.1, 0.15) is 11.6 Å². The molecule has 0 fully saturated rings. The first-order chi connectivity index (χ1) is 6.09. The molecule has 0 saturated carbocycles. The Hall–Kier alpha value is -1.51. The summed E-state index contributed by atoms with van der Waals surface area (Å²) in [6, 6.07) is 2.55.